The fraction of sp³-hybridized carbons (Fsp3) is 1.00. The van der Waals surface area contributed by atoms with Gasteiger partial charge in [-0.15, -0.1) is 0 Å². The molecule has 0 aromatic heterocycles. The van der Waals surface area contributed by atoms with Crippen LogP contribution in [0.25, 0.3) is 0 Å². The van der Waals surface area contributed by atoms with Gasteiger partial charge in [0.1, 0.15) is 12.2 Å². The van der Waals surface area contributed by atoms with Crippen LogP contribution in [0.15, 0.2) is 0 Å². The summed E-state index contributed by atoms with van der Waals surface area (Å²) in [5.41, 5.74) is 0. The van der Waals surface area contributed by atoms with Crippen LogP contribution >= 0.6 is 22.6 Å². The molecule has 1 aliphatic rings. The molecule has 0 radical (unpaired) electrons. The summed E-state index contributed by atoms with van der Waals surface area (Å²) >= 11 is 1.81. The SMILES string of the molecule is OC[C@H]1OC(O)[C@H](O)[C@@H]([124I])[C@H]1O. The van der Waals surface area contributed by atoms with Crippen molar-refractivity contribution < 1.29 is 25.2 Å². The molecule has 1 rings (SSSR count). The number of hydrogen-bond acceptors (Lipinski definition) is 5. The number of ether oxygens (including phenoxy) is 1. The first-order valence-electron chi connectivity index (χ1n) is 3.52. The Labute approximate surface area is 83.1 Å². The van der Waals surface area contributed by atoms with Gasteiger partial charge in [-0.1, -0.05) is 22.6 Å². The van der Waals surface area contributed by atoms with Crippen molar-refractivity contribution >= 4 is 22.6 Å². The van der Waals surface area contributed by atoms with Crippen molar-refractivity contribution in [1.82, 2.24) is 0 Å². The van der Waals surface area contributed by atoms with Crippen molar-refractivity contribution in [3.63, 3.8) is 0 Å². The summed E-state index contributed by atoms with van der Waals surface area (Å²) in [5, 5.41) is 36.3. The van der Waals surface area contributed by atoms with Crippen molar-refractivity contribution in [3.05, 3.63) is 0 Å². The third kappa shape index (κ3) is 1.88. The maximum absolute atomic E-state index is 9.36. The lowest BCUT2D eigenvalue weighted by atomic mass is 10.0. The molecule has 1 fully saturated rings. The van der Waals surface area contributed by atoms with Crippen LogP contribution in [0.5, 0.6) is 0 Å². The van der Waals surface area contributed by atoms with Crippen molar-refractivity contribution in [1.29, 1.82) is 0 Å². The van der Waals surface area contributed by atoms with Gasteiger partial charge in [-0.3, -0.25) is 0 Å². The van der Waals surface area contributed by atoms with Gasteiger partial charge in [0.15, 0.2) is 6.29 Å². The number of aliphatic hydroxyl groups excluding tert-OH is 4. The molecule has 1 unspecified atom stereocenters. The average molecular weight is 287 g/mol. The quantitative estimate of drug-likeness (QED) is 0.338. The second-order valence-electron chi connectivity index (χ2n) is 2.67. The lowest BCUT2D eigenvalue weighted by molar-refractivity contribution is -0.246. The van der Waals surface area contributed by atoms with E-state index < -0.39 is 28.5 Å². The van der Waals surface area contributed by atoms with Gasteiger partial charge in [-0.25, -0.2) is 0 Å². The molecule has 0 bridgehead atoms. The first-order valence-corrected chi connectivity index (χ1v) is 4.77. The fourth-order valence-corrected chi connectivity index (χ4v) is 1.87. The van der Waals surface area contributed by atoms with E-state index in [4.69, 9.17) is 14.9 Å². The highest BCUT2D eigenvalue weighted by molar-refractivity contribution is 14.1. The molecular weight excluding hydrogens is 276 g/mol. The molecule has 1 saturated heterocycles. The van der Waals surface area contributed by atoms with E-state index in [0.717, 1.165) is 0 Å². The lowest BCUT2D eigenvalue weighted by Gasteiger charge is -2.37. The molecule has 0 aromatic rings. The van der Waals surface area contributed by atoms with Gasteiger partial charge in [0.2, 0.25) is 0 Å². The highest BCUT2D eigenvalue weighted by Crippen LogP contribution is 2.25. The summed E-state index contributed by atoms with van der Waals surface area (Å²) in [4.78, 5) is 0. The van der Waals surface area contributed by atoms with Gasteiger partial charge in [0.25, 0.3) is 0 Å². The van der Waals surface area contributed by atoms with Crippen LogP contribution < -0.4 is 0 Å². The second kappa shape index (κ2) is 4.16. The zero-order valence-corrected chi connectivity index (χ0v) is 8.33. The third-order valence-electron chi connectivity index (χ3n) is 1.82. The van der Waals surface area contributed by atoms with Crippen LogP contribution in [-0.2, 0) is 4.74 Å². The summed E-state index contributed by atoms with van der Waals surface area (Å²) in [5.74, 6) is 0. The first kappa shape index (κ1) is 10.6. The Hall–Kier alpha value is 0.530. The van der Waals surface area contributed by atoms with E-state index in [1.54, 1.807) is 0 Å². The van der Waals surface area contributed by atoms with Crippen LogP contribution in [0.2, 0.25) is 0 Å². The van der Waals surface area contributed by atoms with E-state index in [0.29, 0.717) is 0 Å². The maximum Gasteiger partial charge on any atom is 0.182 e. The van der Waals surface area contributed by atoms with E-state index >= 15 is 0 Å². The van der Waals surface area contributed by atoms with Crippen molar-refractivity contribution in [3.8, 4) is 0 Å². The number of rotatable bonds is 1. The van der Waals surface area contributed by atoms with Gasteiger partial charge in [0.05, 0.1) is 16.6 Å². The molecule has 0 spiro atoms. The van der Waals surface area contributed by atoms with E-state index in [1.807, 2.05) is 22.6 Å². The molecule has 0 saturated carbocycles. The van der Waals surface area contributed by atoms with E-state index in [-0.39, 0.29) is 6.61 Å². The normalized spacial score (nSPS) is 49.2. The topological polar surface area (TPSA) is 90.2 Å². The number of hydrogen-bond donors (Lipinski definition) is 4. The highest BCUT2D eigenvalue weighted by Gasteiger charge is 2.41. The molecule has 0 aromatic carbocycles. The van der Waals surface area contributed by atoms with Crippen LogP contribution in [-0.4, -0.2) is 55.6 Å². The summed E-state index contributed by atoms with van der Waals surface area (Å²) in [6.45, 7) is -0.371. The monoisotopic (exact) mass is 287 g/mol. The smallest absolute Gasteiger partial charge is 0.182 e. The summed E-state index contributed by atoms with van der Waals surface area (Å²) in [7, 11) is 0. The van der Waals surface area contributed by atoms with Crippen LogP contribution in [0.1, 0.15) is 0 Å². The molecule has 1 heterocycles. The Morgan fingerprint density at radius 1 is 1.17 bits per heavy atom. The predicted molar refractivity (Wildman–Crippen MR) is 47.8 cm³/mol. The minimum absolute atomic E-state index is 0.371. The predicted octanol–water partition coefficient (Wildman–Crippen LogP) is -1.78. The Kier molecular flexibility index (Phi) is 3.68. The molecule has 0 aliphatic carbocycles. The summed E-state index contributed by atoms with van der Waals surface area (Å²) in [6, 6.07) is 0. The molecule has 1 aliphatic heterocycles. The zero-order valence-electron chi connectivity index (χ0n) is 6.17. The van der Waals surface area contributed by atoms with Crippen LogP contribution in [0.4, 0.5) is 0 Å². The van der Waals surface area contributed by atoms with Crippen molar-refractivity contribution in [2.45, 2.75) is 28.5 Å². The lowest BCUT2D eigenvalue weighted by Crippen LogP contribution is -2.56. The summed E-state index contributed by atoms with van der Waals surface area (Å²) < 4.78 is 4.21. The van der Waals surface area contributed by atoms with Gasteiger partial charge >= 0.3 is 0 Å². The Balaban J connectivity index is 2.63. The van der Waals surface area contributed by atoms with Crippen LogP contribution in [0.3, 0.4) is 0 Å². The Morgan fingerprint density at radius 3 is 2.25 bits per heavy atom. The minimum atomic E-state index is -1.33. The number of halogens is 1. The molecule has 12 heavy (non-hydrogen) atoms. The molecular formula is C6H11IO5. The van der Waals surface area contributed by atoms with Gasteiger partial charge in [-0.2, -0.15) is 0 Å². The van der Waals surface area contributed by atoms with E-state index in [9.17, 15) is 10.2 Å². The Bertz CT molecular complexity index is 150. The molecule has 5 nitrogen and oxygen atoms in total. The van der Waals surface area contributed by atoms with Gasteiger partial charge < -0.3 is 25.2 Å². The zero-order chi connectivity index (χ0) is 9.30. The van der Waals surface area contributed by atoms with Crippen LogP contribution in [0, 0.1) is 0 Å². The summed E-state index contributed by atoms with van der Waals surface area (Å²) in [6.07, 6.45) is -4.20. The molecule has 4 N–H and O–H groups in total. The minimum Gasteiger partial charge on any atom is -0.394 e. The molecule has 0 amide bonds. The third-order valence-corrected chi connectivity index (χ3v) is 3.29. The van der Waals surface area contributed by atoms with Gasteiger partial charge in [0, 0.05) is 0 Å². The van der Waals surface area contributed by atoms with E-state index in [2.05, 4.69) is 0 Å². The number of aliphatic hydroxyl groups is 4. The number of alkyl halides is 1. The van der Waals surface area contributed by atoms with E-state index in [1.165, 1.54) is 0 Å². The average Bonchev–Trinajstić information content (AvgIpc) is 2.08. The first-order chi connectivity index (χ1) is 5.57. The molecule has 6 heteroatoms. The molecule has 5 atom stereocenters. The standard InChI is InChI=1S/C6H11IO5/c7-3-4(9)2(1-8)12-6(11)5(3)10/h2-6,8-11H,1H2/t2-,3+,4+,5-,6?/m1/s1/i7-3. The van der Waals surface area contributed by atoms with Gasteiger partial charge in [-0.05, 0) is 0 Å². The molecule has 72 valence electrons. The largest absolute Gasteiger partial charge is 0.394 e. The fourth-order valence-electron chi connectivity index (χ4n) is 1.06. The maximum atomic E-state index is 9.36. The van der Waals surface area contributed by atoms with Crippen molar-refractivity contribution in [2.24, 2.45) is 0 Å². The van der Waals surface area contributed by atoms with Crippen molar-refractivity contribution in [2.75, 3.05) is 6.61 Å². The Morgan fingerprint density at radius 2 is 1.75 bits per heavy atom. The second-order valence-corrected chi connectivity index (χ2v) is 4.11. The highest BCUT2D eigenvalue weighted by atomic mass is 124.